The van der Waals surface area contributed by atoms with E-state index in [0.717, 1.165) is 34.9 Å². The van der Waals surface area contributed by atoms with Gasteiger partial charge in [0.05, 0.1) is 11.2 Å². The summed E-state index contributed by atoms with van der Waals surface area (Å²) >= 11 is 1.61. The van der Waals surface area contributed by atoms with Crippen molar-refractivity contribution in [3.8, 4) is 0 Å². The van der Waals surface area contributed by atoms with E-state index in [2.05, 4.69) is 12.1 Å². The molecule has 1 aliphatic carbocycles. The van der Waals surface area contributed by atoms with E-state index in [9.17, 15) is 8.42 Å². The van der Waals surface area contributed by atoms with Crippen molar-refractivity contribution in [1.82, 2.24) is 4.31 Å². The summed E-state index contributed by atoms with van der Waals surface area (Å²) in [6, 6.07) is 13.6. The molecule has 0 saturated carbocycles. The van der Waals surface area contributed by atoms with Gasteiger partial charge < -0.3 is 4.42 Å². The van der Waals surface area contributed by atoms with E-state index in [4.69, 9.17) is 4.42 Å². The first kappa shape index (κ1) is 15.5. The van der Waals surface area contributed by atoms with Crippen molar-refractivity contribution in [2.75, 3.05) is 12.3 Å². The monoisotopic (exact) mass is 371 g/mol. The van der Waals surface area contributed by atoms with E-state index in [1.807, 2.05) is 18.2 Å². The molecule has 1 atom stereocenters. The largest absolute Gasteiger partial charge is 0.467 e. The SMILES string of the molecule is O=S(=O)(c1ccc2cccc3c2c1CC3)N1CCS[C@H]1c1ccco1. The fourth-order valence-corrected chi connectivity index (χ4v) is 7.39. The van der Waals surface area contributed by atoms with Gasteiger partial charge in [0.15, 0.2) is 0 Å². The Morgan fingerprint density at radius 1 is 1.08 bits per heavy atom. The van der Waals surface area contributed by atoms with Gasteiger partial charge in [-0.25, -0.2) is 8.42 Å². The molecule has 0 bridgehead atoms. The van der Waals surface area contributed by atoms with Crippen molar-refractivity contribution in [3.05, 3.63) is 65.6 Å². The molecule has 2 aromatic carbocycles. The number of thioether (sulfide) groups is 1. The van der Waals surface area contributed by atoms with Crippen LogP contribution in [0.15, 0.2) is 58.0 Å². The molecule has 4 nitrogen and oxygen atoms in total. The highest BCUT2D eigenvalue weighted by Gasteiger charge is 2.40. The molecule has 0 spiro atoms. The summed E-state index contributed by atoms with van der Waals surface area (Å²) in [5.41, 5.74) is 2.23. The minimum absolute atomic E-state index is 0.278. The van der Waals surface area contributed by atoms with Crippen LogP contribution in [0.4, 0.5) is 0 Å². The van der Waals surface area contributed by atoms with Gasteiger partial charge in [-0.3, -0.25) is 0 Å². The third kappa shape index (κ3) is 2.28. The van der Waals surface area contributed by atoms with Crippen LogP contribution in [0.1, 0.15) is 22.3 Å². The number of hydrogen-bond donors (Lipinski definition) is 0. The molecule has 0 N–H and O–H groups in total. The maximum Gasteiger partial charge on any atom is 0.244 e. The minimum Gasteiger partial charge on any atom is -0.467 e. The Labute approximate surface area is 150 Å². The second kappa shape index (κ2) is 5.62. The van der Waals surface area contributed by atoms with E-state index in [0.29, 0.717) is 17.2 Å². The van der Waals surface area contributed by atoms with Gasteiger partial charge in [0.1, 0.15) is 11.1 Å². The number of nitrogens with zero attached hydrogens (tertiary/aromatic N) is 1. The number of aryl methyl sites for hydroxylation is 2. The van der Waals surface area contributed by atoms with Gasteiger partial charge in [0.2, 0.25) is 10.0 Å². The van der Waals surface area contributed by atoms with Gasteiger partial charge in [-0.1, -0.05) is 24.3 Å². The van der Waals surface area contributed by atoms with E-state index >= 15 is 0 Å². The Hall–Kier alpha value is -1.76. The average Bonchev–Trinajstić information content (AvgIpc) is 3.36. The molecule has 0 unspecified atom stereocenters. The maximum atomic E-state index is 13.5. The van der Waals surface area contributed by atoms with E-state index in [-0.39, 0.29) is 5.37 Å². The molecule has 1 aliphatic heterocycles. The van der Waals surface area contributed by atoms with Crippen molar-refractivity contribution < 1.29 is 12.8 Å². The van der Waals surface area contributed by atoms with E-state index in [1.165, 1.54) is 5.56 Å². The fraction of sp³-hybridized carbons (Fsp3) is 0.263. The van der Waals surface area contributed by atoms with Crippen LogP contribution in [0.25, 0.3) is 10.8 Å². The normalized spacial score (nSPS) is 20.6. The van der Waals surface area contributed by atoms with Crippen LogP contribution in [0, 0.1) is 0 Å². The number of rotatable bonds is 3. The third-order valence-corrected chi connectivity index (χ3v) is 8.37. The van der Waals surface area contributed by atoms with Crippen LogP contribution in [0.5, 0.6) is 0 Å². The van der Waals surface area contributed by atoms with E-state index < -0.39 is 10.0 Å². The zero-order chi connectivity index (χ0) is 17.0. The zero-order valence-corrected chi connectivity index (χ0v) is 15.1. The van der Waals surface area contributed by atoms with Crippen LogP contribution >= 0.6 is 11.8 Å². The predicted octanol–water partition coefficient (Wildman–Crippen LogP) is 3.97. The first-order valence-electron chi connectivity index (χ1n) is 8.36. The lowest BCUT2D eigenvalue weighted by Crippen LogP contribution is -2.31. The summed E-state index contributed by atoms with van der Waals surface area (Å²) in [7, 11) is -3.56. The molecule has 1 aromatic heterocycles. The van der Waals surface area contributed by atoms with Gasteiger partial charge in [-0.2, -0.15) is 4.31 Å². The van der Waals surface area contributed by atoms with Crippen LogP contribution in [0.2, 0.25) is 0 Å². The molecule has 0 radical (unpaired) electrons. The summed E-state index contributed by atoms with van der Waals surface area (Å²) in [6.07, 6.45) is 3.30. The zero-order valence-electron chi connectivity index (χ0n) is 13.5. The van der Waals surface area contributed by atoms with E-state index in [1.54, 1.807) is 34.5 Å². The standard InChI is InChI=1S/C19H17NO3S2/c21-25(22,20-10-12-24-19(20)16-5-2-11-23-16)17-9-7-14-4-1-3-13-6-8-15(17)18(13)14/h1-5,7,9,11,19H,6,8,10,12H2/t19-/m0/s1. The summed E-state index contributed by atoms with van der Waals surface area (Å²) in [4.78, 5) is 0.462. The Bertz CT molecular complexity index is 1060. The predicted molar refractivity (Wildman–Crippen MR) is 99.2 cm³/mol. The van der Waals surface area contributed by atoms with Gasteiger partial charge in [0.25, 0.3) is 0 Å². The van der Waals surface area contributed by atoms with Crippen LogP contribution < -0.4 is 0 Å². The molecule has 1 saturated heterocycles. The first-order chi connectivity index (χ1) is 12.2. The smallest absolute Gasteiger partial charge is 0.244 e. The Morgan fingerprint density at radius 3 is 2.84 bits per heavy atom. The fourth-order valence-electron chi connectivity index (χ4n) is 3.96. The summed E-state index contributed by atoms with van der Waals surface area (Å²) < 4.78 is 34.0. The maximum absolute atomic E-state index is 13.5. The third-order valence-electron chi connectivity index (χ3n) is 5.06. The Morgan fingerprint density at radius 2 is 2.00 bits per heavy atom. The second-order valence-corrected chi connectivity index (χ2v) is 9.46. The quantitative estimate of drug-likeness (QED) is 0.699. The highest BCUT2D eigenvalue weighted by molar-refractivity contribution is 8.01. The van der Waals surface area contributed by atoms with Crippen molar-refractivity contribution in [3.63, 3.8) is 0 Å². The highest BCUT2D eigenvalue weighted by atomic mass is 32.2. The molecule has 5 rings (SSSR count). The number of furan rings is 1. The molecular weight excluding hydrogens is 354 g/mol. The number of hydrogen-bond acceptors (Lipinski definition) is 4. The molecule has 128 valence electrons. The van der Waals surface area contributed by atoms with Crippen LogP contribution in [-0.2, 0) is 22.9 Å². The average molecular weight is 371 g/mol. The first-order valence-corrected chi connectivity index (χ1v) is 10.9. The lowest BCUT2D eigenvalue weighted by Gasteiger charge is -2.23. The van der Waals surface area contributed by atoms with Gasteiger partial charge in [0, 0.05) is 12.3 Å². The molecule has 25 heavy (non-hydrogen) atoms. The molecule has 3 aromatic rings. The van der Waals surface area contributed by atoms with Gasteiger partial charge in [-0.15, -0.1) is 11.8 Å². The lowest BCUT2D eigenvalue weighted by atomic mass is 10.1. The Kier molecular flexibility index (Phi) is 3.48. The molecule has 1 fully saturated rings. The molecule has 2 heterocycles. The molecule has 0 amide bonds. The highest BCUT2D eigenvalue weighted by Crippen LogP contribution is 2.43. The van der Waals surface area contributed by atoms with Crippen molar-refractivity contribution in [2.45, 2.75) is 23.1 Å². The molecular formula is C19H17NO3S2. The lowest BCUT2D eigenvalue weighted by molar-refractivity contribution is 0.383. The van der Waals surface area contributed by atoms with Crippen LogP contribution in [0.3, 0.4) is 0 Å². The molecule has 2 aliphatic rings. The minimum atomic E-state index is -3.56. The summed E-state index contributed by atoms with van der Waals surface area (Å²) in [5, 5.41) is 1.98. The van der Waals surface area contributed by atoms with Crippen molar-refractivity contribution in [1.29, 1.82) is 0 Å². The van der Waals surface area contributed by atoms with Gasteiger partial charge in [-0.05, 0) is 52.9 Å². The number of benzene rings is 2. The second-order valence-electron chi connectivity index (χ2n) is 6.41. The van der Waals surface area contributed by atoms with Crippen molar-refractivity contribution in [2.24, 2.45) is 0 Å². The Balaban J connectivity index is 1.65. The van der Waals surface area contributed by atoms with Gasteiger partial charge >= 0.3 is 0 Å². The van der Waals surface area contributed by atoms with Crippen LogP contribution in [-0.4, -0.2) is 25.0 Å². The topological polar surface area (TPSA) is 50.5 Å². The summed E-state index contributed by atoms with van der Waals surface area (Å²) in [5.74, 6) is 1.47. The van der Waals surface area contributed by atoms with Crippen molar-refractivity contribution >= 4 is 32.6 Å². The molecule has 6 heteroatoms. The summed E-state index contributed by atoms with van der Waals surface area (Å²) in [6.45, 7) is 0.511. The number of sulfonamides is 1.